The Kier molecular flexibility index (Phi) is 10.6. The van der Waals surface area contributed by atoms with Gasteiger partial charge in [0.05, 0.1) is 21.4 Å². The molecule has 13 aromatic rings. The maximum atomic E-state index is 2.66. The predicted molar refractivity (Wildman–Crippen MR) is 341 cm³/mol. The Morgan fingerprint density at radius 2 is 0.753 bits per heavy atom. The fourth-order valence-corrected chi connectivity index (χ4v) is 16.7. The molecule has 7 heteroatoms. The zero-order chi connectivity index (χ0) is 51.9. The third-order valence-corrected chi connectivity index (χ3v) is 20.5. The minimum atomic E-state index is -0.0418. The highest BCUT2D eigenvalue weighted by Crippen LogP contribution is 2.54. The Labute approximate surface area is 466 Å². The zero-order valence-electron chi connectivity index (χ0n) is 43.8. The minimum Gasteiger partial charge on any atom is -0.302 e. The Morgan fingerprint density at radius 3 is 1.19 bits per heavy atom. The van der Waals surface area contributed by atoms with E-state index in [1.807, 2.05) is 45.3 Å². The lowest BCUT2D eigenvalue weighted by molar-refractivity contribution is 0.591. The molecule has 0 atom stereocenters. The normalized spacial score (nSPS) is 13.2. The molecular formula is C70H53BN2S4. The first kappa shape index (κ1) is 46.8. The molecule has 9 aromatic carbocycles. The summed E-state index contributed by atoms with van der Waals surface area (Å²) in [6.45, 7) is 14.1. The van der Waals surface area contributed by atoms with Crippen LogP contribution in [0.2, 0.25) is 0 Å². The second kappa shape index (κ2) is 17.5. The van der Waals surface area contributed by atoms with Crippen LogP contribution in [0.15, 0.2) is 211 Å². The quantitative estimate of drug-likeness (QED) is 0.153. The fraction of sp³-hybridized carbons (Fsp3) is 0.114. The molecule has 0 amide bonds. The van der Waals surface area contributed by atoms with Crippen LogP contribution in [0.3, 0.4) is 0 Å². The van der Waals surface area contributed by atoms with Crippen LogP contribution >= 0.6 is 45.3 Å². The lowest BCUT2D eigenvalue weighted by Gasteiger charge is -2.42. The van der Waals surface area contributed by atoms with E-state index in [0.29, 0.717) is 0 Å². The van der Waals surface area contributed by atoms with Crippen LogP contribution in [-0.4, -0.2) is 6.71 Å². The summed E-state index contributed by atoms with van der Waals surface area (Å²) in [5.41, 5.74) is 21.4. The molecule has 370 valence electrons. The van der Waals surface area contributed by atoms with E-state index in [0.717, 1.165) is 0 Å². The van der Waals surface area contributed by atoms with Crippen molar-refractivity contribution in [2.75, 3.05) is 9.80 Å². The summed E-state index contributed by atoms with van der Waals surface area (Å²) in [5.74, 6) is 0. The van der Waals surface area contributed by atoms with Crippen LogP contribution < -0.4 is 26.2 Å². The first-order valence-electron chi connectivity index (χ1n) is 26.7. The van der Waals surface area contributed by atoms with Crippen molar-refractivity contribution in [2.45, 2.75) is 52.4 Å². The van der Waals surface area contributed by atoms with Gasteiger partial charge >= 0.3 is 0 Å². The molecule has 0 fully saturated rings. The van der Waals surface area contributed by atoms with Crippen LogP contribution in [-0.2, 0) is 10.8 Å². The molecule has 0 radical (unpaired) electrons. The number of fused-ring (bicyclic) bond motifs is 10. The molecule has 0 spiro atoms. The second-order valence-electron chi connectivity index (χ2n) is 22.9. The van der Waals surface area contributed by atoms with Gasteiger partial charge in [0.15, 0.2) is 0 Å². The highest BCUT2D eigenvalue weighted by molar-refractivity contribution is 7.29. The second-order valence-corrected chi connectivity index (χ2v) is 26.7. The van der Waals surface area contributed by atoms with Gasteiger partial charge in [-0.2, -0.15) is 0 Å². The highest BCUT2D eigenvalue weighted by Gasteiger charge is 2.48. The summed E-state index contributed by atoms with van der Waals surface area (Å²) >= 11 is 7.54. The molecule has 0 aliphatic carbocycles. The summed E-state index contributed by atoms with van der Waals surface area (Å²) < 4.78 is 5.23. The summed E-state index contributed by atoms with van der Waals surface area (Å²) in [6, 6.07) is 76.1. The maximum Gasteiger partial charge on any atom is 0.256 e. The van der Waals surface area contributed by atoms with Crippen LogP contribution in [0.25, 0.3) is 84.9 Å². The van der Waals surface area contributed by atoms with Crippen molar-refractivity contribution in [3.05, 3.63) is 222 Å². The van der Waals surface area contributed by atoms with Gasteiger partial charge in [-0.15, -0.1) is 45.3 Å². The van der Waals surface area contributed by atoms with Crippen LogP contribution in [0.1, 0.15) is 52.7 Å². The average Bonchev–Trinajstić information content (AvgIpc) is 4.46. The van der Waals surface area contributed by atoms with Gasteiger partial charge in [-0.25, -0.2) is 0 Å². The van der Waals surface area contributed by atoms with Crippen molar-refractivity contribution in [3.8, 4) is 44.5 Å². The number of thiophene rings is 4. The van der Waals surface area contributed by atoms with Crippen molar-refractivity contribution in [2.24, 2.45) is 0 Å². The molecule has 0 saturated heterocycles. The standard InChI is InChI=1S/C70H53BN2S4/c1-69(2,3)46-30-34-62-52(38-46)64-67(76-62)72(56-32-28-44(36-50(56)42-18-9-7-10-19-42)54-40-74-60-26-15-13-22-48(54)60)58-24-17-25-59-66(58)71(64)65-53-39-47(70(4,5)6)31-35-63(53)77-68(65)73(59)57-33-29-45(37-51(57)43-20-11-8-12-21-43)55-41-75-61-27-16-14-23-49(55)61/h7-41H,1-6H3. The predicted octanol–water partition coefficient (Wildman–Crippen LogP) is 19.9. The number of nitrogens with zero attached hydrogens (tertiary/aromatic N) is 2. The van der Waals surface area contributed by atoms with Crippen molar-refractivity contribution < 1.29 is 0 Å². The molecule has 15 rings (SSSR count). The molecule has 2 aliphatic heterocycles. The fourth-order valence-electron chi connectivity index (χ4n) is 12.3. The molecule has 0 saturated carbocycles. The monoisotopic (exact) mass is 1060 g/mol. The summed E-state index contributed by atoms with van der Waals surface area (Å²) in [7, 11) is 0. The molecule has 0 unspecified atom stereocenters. The number of benzene rings is 9. The van der Waals surface area contributed by atoms with Crippen LogP contribution in [0.4, 0.5) is 32.8 Å². The van der Waals surface area contributed by atoms with E-state index < -0.39 is 0 Å². The summed E-state index contributed by atoms with van der Waals surface area (Å²) in [6.07, 6.45) is 0. The Hall–Kier alpha value is -7.52. The van der Waals surface area contributed by atoms with E-state index >= 15 is 0 Å². The van der Waals surface area contributed by atoms with Crippen molar-refractivity contribution in [3.63, 3.8) is 0 Å². The van der Waals surface area contributed by atoms with Gasteiger partial charge in [0.1, 0.15) is 0 Å². The van der Waals surface area contributed by atoms with E-state index in [9.17, 15) is 0 Å². The Morgan fingerprint density at radius 1 is 0.325 bits per heavy atom. The van der Waals surface area contributed by atoms with E-state index in [-0.39, 0.29) is 17.5 Å². The van der Waals surface area contributed by atoms with Gasteiger partial charge in [-0.3, -0.25) is 0 Å². The molecule has 77 heavy (non-hydrogen) atoms. The first-order valence-corrected chi connectivity index (χ1v) is 30.0. The maximum absolute atomic E-state index is 2.66. The number of hydrogen-bond acceptors (Lipinski definition) is 6. The van der Waals surface area contributed by atoms with Gasteiger partial charge in [-0.05, 0) is 143 Å². The Bertz CT molecular complexity index is 4220. The van der Waals surface area contributed by atoms with Gasteiger partial charge in [0.2, 0.25) is 0 Å². The molecule has 0 N–H and O–H groups in total. The van der Waals surface area contributed by atoms with Gasteiger partial charge in [-0.1, -0.05) is 181 Å². The van der Waals surface area contributed by atoms with Gasteiger partial charge in [0.25, 0.3) is 6.71 Å². The number of rotatable bonds is 6. The van der Waals surface area contributed by atoms with Crippen molar-refractivity contribution >= 4 is 142 Å². The summed E-state index contributed by atoms with van der Waals surface area (Å²) in [4.78, 5) is 5.32. The van der Waals surface area contributed by atoms with E-state index in [1.54, 1.807) is 0 Å². The van der Waals surface area contributed by atoms with Crippen molar-refractivity contribution in [1.82, 2.24) is 0 Å². The van der Waals surface area contributed by atoms with E-state index in [1.165, 1.54) is 145 Å². The zero-order valence-corrected chi connectivity index (χ0v) is 47.1. The van der Waals surface area contributed by atoms with Gasteiger partial charge < -0.3 is 9.80 Å². The first-order chi connectivity index (χ1) is 37.5. The molecule has 2 nitrogen and oxygen atoms in total. The van der Waals surface area contributed by atoms with Crippen molar-refractivity contribution in [1.29, 1.82) is 0 Å². The summed E-state index contributed by atoms with van der Waals surface area (Å²) in [5, 5.41) is 12.5. The molecule has 0 bridgehead atoms. The SMILES string of the molecule is CC(C)(C)c1ccc2sc3c(c2c1)B1c2c(cccc2N(c2ccc(-c4csc5ccccc45)cc2-c2ccccc2)c2sc4ccc(C(C)(C)C)cc4c21)N3c1ccc(-c2csc3ccccc23)cc1-c1ccccc1. The third-order valence-electron chi connectivity index (χ3n) is 16.2. The third kappa shape index (κ3) is 7.38. The largest absolute Gasteiger partial charge is 0.302 e. The van der Waals surface area contributed by atoms with E-state index in [4.69, 9.17) is 0 Å². The minimum absolute atomic E-state index is 0.0386. The molecular weight excluding hydrogens is 1010 g/mol. The number of hydrogen-bond donors (Lipinski definition) is 0. The molecule has 6 heterocycles. The topological polar surface area (TPSA) is 6.48 Å². The molecule has 2 aliphatic rings. The van der Waals surface area contributed by atoms with Crippen LogP contribution in [0.5, 0.6) is 0 Å². The highest BCUT2D eigenvalue weighted by atomic mass is 32.1. The number of anilines is 6. The Balaban J connectivity index is 1.05. The lowest BCUT2D eigenvalue weighted by Crippen LogP contribution is -2.60. The molecule has 4 aromatic heterocycles. The lowest BCUT2D eigenvalue weighted by atomic mass is 9.33. The van der Waals surface area contributed by atoms with Gasteiger partial charge in [0, 0.05) is 63.2 Å². The average molecular weight is 1060 g/mol. The van der Waals surface area contributed by atoms with Crippen LogP contribution in [0, 0.1) is 0 Å². The van der Waals surface area contributed by atoms with E-state index in [2.05, 4.69) is 262 Å². The smallest absolute Gasteiger partial charge is 0.256 e.